The minimum absolute atomic E-state index is 0.0491. The summed E-state index contributed by atoms with van der Waals surface area (Å²) < 4.78 is 0. The van der Waals surface area contributed by atoms with E-state index < -0.39 is 0 Å². The molecule has 1 aliphatic rings. The smallest absolute Gasteiger partial charge is 0.226 e. The lowest BCUT2D eigenvalue weighted by Gasteiger charge is -2.22. The Bertz CT molecular complexity index is 338. The summed E-state index contributed by atoms with van der Waals surface area (Å²) in [7, 11) is 0. The molecule has 2 heterocycles. The van der Waals surface area contributed by atoms with Crippen LogP contribution in [-0.2, 0) is 4.79 Å². The summed E-state index contributed by atoms with van der Waals surface area (Å²) in [4.78, 5) is 15.6. The fourth-order valence-electron chi connectivity index (χ4n) is 1.62. The van der Waals surface area contributed by atoms with E-state index in [1.165, 1.54) is 0 Å². The number of hydrogen-bond acceptors (Lipinski definition) is 4. The van der Waals surface area contributed by atoms with Gasteiger partial charge in [0.05, 0.1) is 11.9 Å². The second-order valence-electron chi connectivity index (χ2n) is 3.72. The summed E-state index contributed by atoms with van der Waals surface area (Å²) in [6, 6.07) is 3.95. The van der Waals surface area contributed by atoms with Crippen molar-refractivity contribution < 1.29 is 4.79 Å². The number of nitrogens with zero attached hydrogens (tertiary/aromatic N) is 1. The third-order valence-corrected chi connectivity index (χ3v) is 3.51. The second kappa shape index (κ2) is 5.86. The molecule has 1 aromatic heterocycles. The van der Waals surface area contributed by atoms with E-state index in [-0.39, 0.29) is 5.91 Å². The van der Waals surface area contributed by atoms with E-state index >= 15 is 0 Å². The zero-order valence-electron chi connectivity index (χ0n) is 8.98. The molecule has 0 aliphatic carbocycles. The van der Waals surface area contributed by atoms with E-state index in [4.69, 9.17) is 0 Å². The van der Waals surface area contributed by atoms with Crippen LogP contribution in [0.3, 0.4) is 0 Å². The maximum atomic E-state index is 11.7. The third-order valence-electron chi connectivity index (χ3n) is 2.38. The number of thioether (sulfide) groups is 1. The van der Waals surface area contributed by atoms with Crippen LogP contribution in [0.15, 0.2) is 24.5 Å². The van der Waals surface area contributed by atoms with Crippen LogP contribution in [0.5, 0.6) is 0 Å². The average Bonchev–Trinajstić information content (AvgIpc) is 2.31. The van der Waals surface area contributed by atoms with Crippen molar-refractivity contribution in [2.24, 2.45) is 0 Å². The van der Waals surface area contributed by atoms with E-state index in [1.54, 1.807) is 12.4 Å². The predicted molar refractivity (Wildman–Crippen MR) is 66.6 cm³/mol. The molecule has 1 unspecified atom stereocenters. The first-order chi connectivity index (χ1) is 7.84. The van der Waals surface area contributed by atoms with Crippen molar-refractivity contribution in [2.45, 2.75) is 12.5 Å². The Morgan fingerprint density at radius 2 is 2.62 bits per heavy atom. The van der Waals surface area contributed by atoms with Crippen LogP contribution in [0.4, 0.5) is 5.69 Å². The molecule has 0 saturated carbocycles. The quantitative estimate of drug-likeness (QED) is 0.827. The average molecular weight is 237 g/mol. The molecule has 0 aromatic carbocycles. The summed E-state index contributed by atoms with van der Waals surface area (Å²) in [6.45, 7) is 0.996. The molecule has 1 fully saturated rings. The van der Waals surface area contributed by atoms with Crippen molar-refractivity contribution >= 4 is 23.4 Å². The normalized spacial score (nSPS) is 20.4. The highest BCUT2D eigenvalue weighted by Gasteiger charge is 2.16. The van der Waals surface area contributed by atoms with Crippen molar-refractivity contribution in [2.75, 3.05) is 23.4 Å². The van der Waals surface area contributed by atoms with E-state index in [0.717, 1.165) is 23.7 Å². The van der Waals surface area contributed by atoms with Crippen molar-refractivity contribution in [1.29, 1.82) is 0 Å². The molecule has 1 aliphatic heterocycles. The lowest BCUT2D eigenvalue weighted by Crippen LogP contribution is -2.39. The molecule has 4 nitrogen and oxygen atoms in total. The third kappa shape index (κ3) is 3.50. The topological polar surface area (TPSA) is 54.0 Å². The molecule has 2 N–H and O–H groups in total. The molecular formula is C11H15N3OS. The van der Waals surface area contributed by atoms with Crippen molar-refractivity contribution in [3.05, 3.63) is 24.5 Å². The molecule has 1 aromatic rings. The number of hydrogen-bond donors (Lipinski definition) is 2. The summed E-state index contributed by atoms with van der Waals surface area (Å²) >= 11 is 1.90. The Morgan fingerprint density at radius 3 is 3.31 bits per heavy atom. The molecule has 1 saturated heterocycles. The van der Waals surface area contributed by atoms with Gasteiger partial charge in [0.15, 0.2) is 0 Å². The zero-order chi connectivity index (χ0) is 11.2. The second-order valence-corrected chi connectivity index (χ2v) is 4.87. The van der Waals surface area contributed by atoms with Crippen LogP contribution in [0.25, 0.3) is 0 Å². The summed E-state index contributed by atoms with van der Waals surface area (Å²) in [5.41, 5.74) is 0.760. The molecular weight excluding hydrogens is 222 g/mol. The minimum Gasteiger partial charge on any atom is -0.325 e. The molecule has 0 spiro atoms. The number of carbonyl (C=O) groups excluding carboxylic acids is 1. The Labute approximate surface area is 99.2 Å². The number of carbonyl (C=O) groups is 1. The van der Waals surface area contributed by atoms with Crippen LogP contribution in [0.1, 0.15) is 6.42 Å². The Balaban J connectivity index is 1.80. The van der Waals surface area contributed by atoms with Gasteiger partial charge in [0.25, 0.3) is 0 Å². The van der Waals surface area contributed by atoms with Crippen molar-refractivity contribution in [3.8, 4) is 0 Å². The highest BCUT2D eigenvalue weighted by molar-refractivity contribution is 7.99. The van der Waals surface area contributed by atoms with Gasteiger partial charge in [0.1, 0.15) is 0 Å². The van der Waals surface area contributed by atoms with Crippen LogP contribution < -0.4 is 10.6 Å². The van der Waals surface area contributed by atoms with Crippen LogP contribution >= 0.6 is 11.8 Å². The highest BCUT2D eigenvalue weighted by Crippen LogP contribution is 2.11. The lowest BCUT2D eigenvalue weighted by atomic mass is 10.2. The van der Waals surface area contributed by atoms with Gasteiger partial charge in [0.2, 0.25) is 5.91 Å². The lowest BCUT2D eigenvalue weighted by molar-refractivity contribution is -0.116. The highest BCUT2D eigenvalue weighted by atomic mass is 32.2. The number of amides is 1. The van der Waals surface area contributed by atoms with Gasteiger partial charge in [-0.3, -0.25) is 9.78 Å². The van der Waals surface area contributed by atoms with E-state index in [1.807, 2.05) is 23.9 Å². The van der Waals surface area contributed by atoms with Gasteiger partial charge in [-0.05, 0) is 12.1 Å². The van der Waals surface area contributed by atoms with Gasteiger partial charge in [-0.15, -0.1) is 0 Å². The van der Waals surface area contributed by atoms with Gasteiger partial charge in [-0.25, -0.2) is 0 Å². The molecule has 86 valence electrons. The van der Waals surface area contributed by atoms with E-state index in [0.29, 0.717) is 12.5 Å². The predicted octanol–water partition coefficient (Wildman–Crippen LogP) is 1.12. The first-order valence-corrected chi connectivity index (χ1v) is 6.51. The molecule has 0 bridgehead atoms. The van der Waals surface area contributed by atoms with E-state index in [2.05, 4.69) is 15.6 Å². The first-order valence-electron chi connectivity index (χ1n) is 5.35. The van der Waals surface area contributed by atoms with Crippen LogP contribution in [-0.4, -0.2) is 35.0 Å². The molecule has 1 amide bonds. The summed E-state index contributed by atoms with van der Waals surface area (Å²) in [6.07, 6.45) is 3.87. The number of nitrogens with one attached hydrogen (secondary N) is 2. The van der Waals surface area contributed by atoms with Gasteiger partial charge in [-0.1, -0.05) is 0 Å². The van der Waals surface area contributed by atoms with Crippen molar-refractivity contribution in [3.63, 3.8) is 0 Å². The Hall–Kier alpha value is -1.07. The number of anilines is 1. The maximum Gasteiger partial charge on any atom is 0.226 e. The summed E-state index contributed by atoms with van der Waals surface area (Å²) in [5, 5.41) is 6.18. The SMILES string of the molecule is O=C(CC1CSCCN1)Nc1cccnc1. The molecule has 0 radical (unpaired) electrons. The van der Waals surface area contributed by atoms with Gasteiger partial charge >= 0.3 is 0 Å². The maximum absolute atomic E-state index is 11.7. The first kappa shape index (κ1) is 11.4. The van der Waals surface area contributed by atoms with E-state index in [9.17, 15) is 4.79 Å². The zero-order valence-corrected chi connectivity index (χ0v) is 9.80. The molecule has 5 heteroatoms. The fourth-order valence-corrected chi connectivity index (χ4v) is 2.57. The largest absolute Gasteiger partial charge is 0.325 e. The fraction of sp³-hybridized carbons (Fsp3) is 0.455. The van der Waals surface area contributed by atoms with Gasteiger partial charge in [-0.2, -0.15) is 11.8 Å². The van der Waals surface area contributed by atoms with Crippen LogP contribution in [0.2, 0.25) is 0 Å². The standard InChI is InChI=1S/C11H15N3OS/c15-11(6-10-8-16-5-4-13-10)14-9-2-1-3-12-7-9/h1-3,7,10,13H,4-6,8H2,(H,14,15). The monoisotopic (exact) mass is 237 g/mol. The summed E-state index contributed by atoms with van der Waals surface area (Å²) in [5.74, 6) is 2.20. The Kier molecular flexibility index (Phi) is 4.18. The molecule has 1 atom stereocenters. The molecule has 16 heavy (non-hydrogen) atoms. The number of aromatic nitrogens is 1. The van der Waals surface area contributed by atoms with Crippen LogP contribution in [0, 0.1) is 0 Å². The van der Waals surface area contributed by atoms with Crippen molar-refractivity contribution in [1.82, 2.24) is 10.3 Å². The Morgan fingerprint density at radius 1 is 1.69 bits per heavy atom. The molecule has 2 rings (SSSR count). The van der Waals surface area contributed by atoms with Gasteiger partial charge < -0.3 is 10.6 Å². The number of pyridine rings is 1. The number of rotatable bonds is 3. The minimum atomic E-state index is 0.0491. The van der Waals surface area contributed by atoms with Gasteiger partial charge in [0, 0.05) is 36.7 Å².